The molecule has 1 N–H and O–H groups in total. The third-order valence-electron chi connectivity index (χ3n) is 2.47. The second kappa shape index (κ2) is 5.38. The molecule has 0 bridgehead atoms. The number of halogens is 1. The van der Waals surface area contributed by atoms with Crippen molar-refractivity contribution in [1.82, 2.24) is 9.55 Å². The van der Waals surface area contributed by atoms with Gasteiger partial charge in [-0.15, -0.1) is 0 Å². The lowest BCUT2D eigenvalue weighted by atomic mass is 10.3. The van der Waals surface area contributed by atoms with Crippen LogP contribution in [0, 0.1) is 4.77 Å². The van der Waals surface area contributed by atoms with E-state index in [4.69, 9.17) is 12.2 Å². The van der Waals surface area contributed by atoms with E-state index in [0.29, 0.717) is 0 Å². The fourth-order valence-corrected chi connectivity index (χ4v) is 2.80. The van der Waals surface area contributed by atoms with Crippen LogP contribution in [0.5, 0.6) is 0 Å². The van der Waals surface area contributed by atoms with Gasteiger partial charge < -0.3 is 9.55 Å². The molecule has 2 nitrogen and oxygen atoms in total. The molecule has 5 heteroatoms. The van der Waals surface area contributed by atoms with Crippen molar-refractivity contribution >= 4 is 50.9 Å². The number of benzene rings is 1. The topological polar surface area (TPSA) is 20.7 Å². The van der Waals surface area contributed by atoms with Crippen LogP contribution in [-0.4, -0.2) is 21.6 Å². The molecule has 0 aliphatic rings. The summed E-state index contributed by atoms with van der Waals surface area (Å²) in [6.45, 7) is 0.987. The second-order valence-corrected chi connectivity index (χ2v) is 5.88. The third-order valence-corrected chi connectivity index (χ3v) is 3.98. The van der Waals surface area contributed by atoms with Crippen molar-refractivity contribution in [2.45, 2.75) is 13.0 Å². The van der Waals surface area contributed by atoms with Gasteiger partial charge in [0.05, 0.1) is 11.0 Å². The van der Waals surface area contributed by atoms with Gasteiger partial charge in [0.15, 0.2) is 4.77 Å². The normalized spacial score (nSPS) is 11.1. The van der Waals surface area contributed by atoms with Crippen LogP contribution in [0.3, 0.4) is 0 Å². The van der Waals surface area contributed by atoms with E-state index >= 15 is 0 Å². The van der Waals surface area contributed by atoms with Crippen LogP contribution < -0.4 is 0 Å². The van der Waals surface area contributed by atoms with Crippen molar-refractivity contribution in [2.24, 2.45) is 0 Å². The molecule has 86 valence electrons. The van der Waals surface area contributed by atoms with Crippen LogP contribution in [0.1, 0.15) is 6.42 Å². The molecule has 0 spiro atoms. The van der Waals surface area contributed by atoms with Crippen LogP contribution in [0.4, 0.5) is 0 Å². The predicted molar refractivity (Wildman–Crippen MR) is 77.8 cm³/mol. The van der Waals surface area contributed by atoms with Crippen molar-refractivity contribution in [3.63, 3.8) is 0 Å². The van der Waals surface area contributed by atoms with Crippen LogP contribution in [0.25, 0.3) is 11.0 Å². The standard InChI is InChI=1S/C11H13BrN2S2/c1-16-6-2-5-14-10-4-3-8(12)7-9(10)13-11(14)15/h3-4,7H,2,5-6H2,1H3,(H,13,15). The predicted octanol–water partition coefficient (Wildman–Crippen LogP) is 4.21. The van der Waals surface area contributed by atoms with Crippen molar-refractivity contribution in [2.75, 3.05) is 12.0 Å². The van der Waals surface area contributed by atoms with Crippen LogP contribution >= 0.6 is 39.9 Å². The van der Waals surface area contributed by atoms with E-state index in [1.54, 1.807) is 0 Å². The first kappa shape index (κ1) is 12.2. The zero-order valence-electron chi connectivity index (χ0n) is 9.00. The molecule has 16 heavy (non-hydrogen) atoms. The molecule has 0 aliphatic carbocycles. The molecule has 1 aromatic carbocycles. The number of hydrogen-bond acceptors (Lipinski definition) is 2. The lowest BCUT2D eigenvalue weighted by molar-refractivity contribution is 0.694. The number of nitrogens with one attached hydrogen (secondary N) is 1. The SMILES string of the molecule is CSCCCn1c(=S)[nH]c2cc(Br)ccc21. The van der Waals surface area contributed by atoms with Gasteiger partial charge in [-0.25, -0.2) is 0 Å². The lowest BCUT2D eigenvalue weighted by Crippen LogP contribution is -1.98. The molecule has 0 amide bonds. The van der Waals surface area contributed by atoms with Gasteiger partial charge in [-0.2, -0.15) is 11.8 Å². The molecule has 0 saturated carbocycles. The molecule has 2 rings (SSSR count). The van der Waals surface area contributed by atoms with E-state index in [-0.39, 0.29) is 0 Å². The van der Waals surface area contributed by atoms with E-state index < -0.39 is 0 Å². The maximum atomic E-state index is 5.33. The first-order chi connectivity index (χ1) is 7.72. The summed E-state index contributed by atoms with van der Waals surface area (Å²) in [5.74, 6) is 1.17. The molecule has 2 aromatic rings. The monoisotopic (exact) mass is 316 g/mol. The number of rotatable bonds is 4. The van der Waals surface area contributed by atoms with Crippen LogP contribution in [-0.2, 0) is 6.54 Å². The number of aromatic amines is 1. The fraction of sp³-hybridized carbons (Fsp3) is 0.364. The average Bonchev–Trinajstić information content (AvgIpc) is 2.55. The van der Waals surface area contributed by atoms with Crippen LogP contribution in [0.15, 0.2) is 22.7 Å². The molecular formula is C11H13BrN2S2. The average molecular weight is 317 g/mol. The Morgan fingerprint density at radius 3 is 3.06 bits per heavy atom. The third kappa shape index (κ3) is 2.52. The largest absolute Gasteiger partial charge is 0.331 e. The second-order valence-electron chi connectivity index (χ2n) is 3.59. The highest BCUT2D eigenvalue weighted by Crippen LogP contribution is 2.19. The van der Waals surface area contributed by atoms with E-state index in [9.17, 15) is 0 Å². The minimum atomic E-state index is 0.814. The van der Waals surface area contributed by atoms with E-state index in [2.05, 4.69) is 49.9 Å². The zero-order valence-corrected chi connectivity index (χ0v) is 12.2. The Kier molecular flexibility index (Phi) is 4.10. The number of imidazole rings is 1. The minimum absolute atomic E-state index is 0.814. The molecule has 0 aliphatic heterocycles. The van der Waals surface area contributed by atoms with Gasteiger partial charge in [0, 0.05) is 11.0 Å². The van der Waals surface area contributed by atoms with Crippen LogP contribution in [0.2, 0.25) is 0 Å². The molecule has 0 radical (unpaired) electrons. The fourth-order valence-electron chi connectivity index (χ4n) is 1.72. The number of fused-ring (bicyclic) bond motifs is 1. The first-order valence-corrected chi connectivity index (χ1v) is 7.69. The van der Waals surface area contributed by atoms with Gasteiger partial charge in [0.25, 0.3) is 0 Å². The van der Waals surface area contributed by atoms with Gasteiger partial charge in [-0.05, 0) is 48.8 Å². The molecule has 0 unspecified atom stereocenters. The molecule has 1 heterocycles. The van der Waals surface area contributed by atoms with E-state index in [1.807, 2.05) is 11.8 Å². The highest BCUT2D eigenvalue weighted by molar-refractivity contribution is 9.10. The Hall–Kier alpha value is -0.260. The Bertz CT molecular complexity index is 544. The van der Waals surface area contributed by atoms with Gasteiger partial charge in [-0.1, -0.05) is 15.9 Å². The molecule has 1 aromatic heterocycles. The summed E-state index contributed by atoms with van der Waals surface area (Å²) in [6, 6.07) is 6.22. The summed E-state index contributed by atoms with van der Waals surface area (Å²) in [5, 5.41) is 0. The smallest absolute Gasteiger partial charge is 0.178 e. The van der Waals surface area contributed by atoms with Crippen molar-refractivity contribution in [3.05, 3.63) is 27.4 Å². The summed E-state index contributed by atoms with van der Waals surface area (Å²) < 4.78 is 4.06. The highest BCUT2D eigenvalue weighted by Gasteiger charge is 2.03. The van der Waals surface area contributed by atoms with Gasteiger partial charge in [-0.3, -0.25) is 0 Å². The number of aryl methyl sites for hydroxylation is 1. The van der Waals surface area contributed by atoms with Crippen molar-refractivity contribution in [3.8, 4) is 0 Å². The Labute approximate surface area is 113 Å². The van der Waals surface area contributed by atoms with E-state index in [1.165, 1.54) is 11.3 Å². The lowest BCUT2D eigenvalue weighted by Gasteiger charge is -2.03. The van der Waals surface area contributed by atoms with Crippen molar-refractivity contribution in [1.29, 1.82) is 0 Å². The minimum Gasteiger partial charge on any atom is -0.331 e. The Morgan fingerprint density at radius 2 is 2.31 bits per heavy atom. The highest BCUT2D eigenvalue weighted by atomic mass is 79.9. The zero-order chi connectivity index (χ0) is 11.5. The molecule has 0 saturated heterocycles. The van der Waals surface area contributed by atoms with E-state index in [0.717, 1.165) is 27.7 Å². The van der Waals surface area contributed by atoms with Gasteiger partial charge in [0.2, 0.25) is 0 Å². The summed E-state index contributed by atoms with van der Waals surface area (Å²) in [4.78, 5) is 3.24. The molecule has 0 fully saturated rings. The maximum Gasteiger partial charge on any atom is 0.178 e. The molecule has 0 atom stereocenters. The molecular weight excluding hydrogens is 304 g/mol. The van der Waals surface area contributed by atoms with Gasteiger partial charge >= 0.3 is 0 Å². The first-order valence-electron chi connectivity index (χ1n) is 5.09. The Morgan fingerprint density at radius 1 is 1.50 bits per heavy atom. The number of aromatic nitrogens is 2. The van der Waals surface area contributed by atoms with Gasteiger partial charge in [0.1, 0.15) is 0 Å². The van der Waals surface area contributed by atoms with Crippen molar-refractivity contribution < 1.29 is 0 Å². The number of hydrogen-bond donors (Lipinski definition) is 1. The summed E-state index contributed by atoms with van der Waals surface area (Å²) in [5.41, 5.74) is 2.29. The quantitative estimate of drug-likeness (QED) is 0.673. The summed E-state index contributed by atoms with van der Waals surface area (Å²) in [6.07, 6.45) is 3.28. The summed E-state index contributed by atoms with van der Waals surface area (Å²) >= 11 is 10.7. The number of nitrogens with zero attached hydrogens (tertiary/aromatic N) is 1. The number of H-pyrrole nitrogens is 1. The Balaban J connectivity index is 2.36. The summed E-state index contributed by atoms with van der Waals surface area (Å²) in [7, 11) is 0. The number of thioether (sulfide) groups is 1. The maximum absolute atomic E-state index is 5.33.